The number of nitro benzene ring substituents is 1. The molecule has 2 N–H and O–H groups in total. The average molecular weight is 383 g/mol. The SMILES string of the molecule is O=C(COc1cccc([N+](=O)[O-])c1)NCC(=O)Nc1ccc(F)c(F)c1F. The molecule has 0 unspecified atom stereocenters. The van der Waals surface area contributed by atoms with Crippen LogP contribution in [0.1, 0.15) is 0 Å². The molecule has 8 nitrogen and oxygen atoms in total. The highest BCUT2D eigenvalue weighted by Crippen LogP contribution is 2.20. The van der Waals surface area contributed by atoms with Gasteiger partial charge in [-0.2, -0.15) is 0 Å². The Hall–Kier alpha value is -3.63. The van der Waals surface area contributed by atoms with Gasteiger partial charge in [0.1, 0.15) is 5.75 Å². The molecule has 11 heteroatoms. The molecule has 0 aliphatic heterocycles. The second kappa shape index (κ2) is 8.65. The molecule has 2 amide bonds. The molecular weight excluding hydrogens is 371 g/mol. The van der Waals surface area contributed by atoms with Crippen LogP contribution in [0.15, 0.2) is 36.4 Å². The van der Waals surface area contributed by atoms with Gasteiger partial charge in [0, 0.05) is 6.07 Å². The molecular formula is C16H12F3N3O5. The topological polar surface area (TPSA) is 111 Å². The molecule has 0 saturated carbocycles. The van der Waals surface area contributed by atoms with E-state index in [0.29, 0.717) is 6.07 Å². The van der Waals surface area contributed by atoms with Gasteiger partial charge in [0.05, 0.1) is 23.2 Å². The second-order valence-electron chi connectivity index (χ2n) is 5.09. The zero-order valence-corrected chi connectivity index (χ0v) is 13.5. The zero-order valence-electron chi connectivity index (χ0n) is 13.5. The minimum Gasteiger partial charge on any atom is -0.484 e. The maximum absolute atomic E-state index is 13.4. The summed E-state index contributed by atoms with van der Waals surface area (Å²) in [5, 5.41) is 14.8. The lowest BCUT2D eigenvalue weighted by molar-refractivity contribution is -0.384. The number of benzene rings is 2. The number of amides is 2. The summed E-state index contributed by atoms with van der Waals surface area (Å²) in [6.45, 7) is -1.12. The number of anilines is 1. The molecule has 27 heavy (non-hydrogen) atoms. The van der Waals surface area contributed by atoms with Gasteiger partial charge in [-0.05, 0) is 18.2 Å². The van der Waals surface area contributed by atoms with Gasteiger partial charge in [-0.15, -0.1) is 0 Å². The van der Waals surface area contributed by atoms with Crippen LogP contribution < -0.4 is 15.4 Å². The Kier molecular flexibility index (Phi) is 6.31. The largest absolute Gasteiger partial charge is 0.484 e. The van der Waals surface area contributed by atoms with Crippen molar-refractivity contribution in [2.24, 2.45) is 0 Å². The van der Waals surface area contributed by atoms with E-state index in [1.54, 1.807) is 0 Å². The molecule has 2 aromatic carbocycles. The number of carbonyl (C=O) groups excluding carboxylic acids is 2. The Balaban J connectivity index is 1.81. The molecule has 0 atom stereocenters. The number of nitrogens with zero attached hydrogens (tertiary/aromatic N) is 1. The molecule has 0 saturated heterocycles. The normalized spacial score (nSPS) is 10.2. The fourth-order valence-electron chi connectivity index (χ4n) is 1.88. The highest BCUT2D eigenvalue weighted by Gasteiger charge is 2.15. The lowest BCUT2D eigenvalue weighted by Crippen LogP contribution is -2.36. The Morgan fingerprint density at radius 2 is 1.81 bits per heavy atom. The first-order valence-corrected chi connectivity index (χ1v) is 7.35. The number of nitrogens with one attached hydrogen (secondary N) is 2. The maximum atomic E-state index is 13.4. The van der Waals surface area contributed by atoms with Gasteiger partial charge in [-0.25, -0.2) is 13.2 Å². The fourth-order valence-corrected chi connectivity index (χ4v) is 1.88. The van der Waals surface area contributed by atoms with Crippen molar-refractivity contribution in [3.05, 3.63) is 64.0 Å². The summed E-state index contributed by atoms with van der Waals surface area (Å²) >= 11 is 0. The van der Waals surface area contributed by atoms with E-state index in [4.69, 9.17) is 4.74 Å². The molecule has 0 aliphatic rings. The van der Waals surface area contributed by atoms with Crippen LogP contribution in [0.3, 0.4) is 0 Å². The van der Waals surface area contributed by atoms with E-state index in [0.717, 1.165) is 12.1 Å². The minimum atomic E-state index is -1.73. The smallest absolute Gasteiger partial charge is 0.273 e. The van der Waals surface area contributed by atoms with Crippen LogP contribution in [-0.2, 0) is 9.59 Å². The van der Waals surface area contributed by atoms with Crippen molar-refractivity contribution in [1.29, 1.82) is 0 Å². The van der Waals surface area contributed by atoms with Gasteiger partial charge >= 0.3 is 0 Å². The van der Waals surface area contributed by atoms with Crippen molar-refractivity contribution in [2.75, 3.05) is 18.5 Å². The first-order valence-electron chi connectivity index (χ1n) is 7.35. The molecule has 0 spiro atoms. The molecule has 0 aliphatic carbocycles. The van der Waals surface area contributed by atoms with Crippen molar-refractivity contribution in [2.45, 2.75) is 0 Å². The van der Waals surface area contributed by atoms with E-state index >= 15 is 0 Å². The maximum Gasteiger partial charge on any atom is 0.273 e. The standard InChI is InChI=1S/C16H12F3N3O5/c17-11-4-5-12(16(19)15(11)18)21-13(23)7-20-14(24)8-27-10-3-1-2-9(6-10)22(25)26/h1-6H,7-8H2,(H,20,24)(H,21,23). The molecule has 0 heterocycles. The van der Waals surface area contributed by atoms with Crippen molar-refractivity contribution >= 4 is 23.2 Å². The van der Waals surface area contributed by atoms with Crippen molar-refractivity contribution in [3.8, 4) is 5.75 Å². The van der Waals surface area contributed by atoms with Crippen LogP contribution >= 0.6 is 0 Å². The molecule has 0 fully saturated rings. The number of hydrogen-bond acceptors (Lipinski definition) is 5. The Morgan fingerprint density at radius 3 is 2.52 bits per heavy atom. The first-order chi connectivity index (χ1) is 12.8. The van der Waals surface area contributed by atoms with Gasteiger partial charge < -0.3 is 15.4 Å². The summed E-state index contributed by atoms with van der Waals surface area (Å²) in [6, 6.07) is 6.60. The monoisotopic (exact) mass is 383 g/mol. The van der Waals surface area contributed by atoms with Crippen LogP contribution in [0.2, 0.25) is 0 Å². The fraction of sp³-hybridized carbons (Fsp3) is 0.125. The summed E-state index contributed by atoms with van der Waals surface area (Å²) in [5.74, 6) is -6.25. The molecule has 0 radical (unpaired) electrons. The highest BCUT2D eigenvalue weighted by molar-refractivity contribution is 5.94. The summed E-state index contributed by atoms with van der Waals surface area (Å²) in [6.07, 6.45) is 0. The molecule has 0 bridgehead atoms. The van der Waals surface area contributed by atoms with Gasteiger partial charge in [-0.3, -0.25) is 19.7 Å². The van der Waals surface area contributed by atoms with Gasteiger partial charge in [0.25, 0.3) is 11.6 Å². The van der Waals surface area contributed by atoms with Crippen LogP contribution in [-0.4, -0.2) is 29.9 Å². The molecule has 2 rings (SSSR count). The van der Waals surface area contributed by atoms with E-state index in [1.165, 1.54) is 18.2 Å². The lowest BCUT2D eigenvalue weighted by atomic mass is 10.2. The molecule has 142 valence electrons. The van der Waals surface area contributed by atoms with Crippen molar-refractivity contribution in [3.63, 3.8) is 0 Å². The second-order valence-corrected chi connectivity index (χ2v) is 5.09. The van der Waals surface area contributed by atoms with Gasteiger partial charge in [0.15, 0.2) is 24.1 Å². The van der Waals surface area contributed by atoms with E-state index in [2.05, 4.69) is 5.32 Å². The lowest BCUT2D eigenvalue weighted by Gasteiger charge is -2.09. The van der Waals surface area contributed by atoms with Crippen molar-refractivity contribution in [1.82, 2.24) is 5.32 Å². The average Bonchev–Trinajstić information content (AvgIpc) is 2.65. The van der Waals surface area contributed by atoms with Crippen LogP contribution in [0.25, 0.3) is 0 Å². The minimum absolute atomic E-state index is 0.0765. The van der Waals surface area contributed by atoms with E-state index in [-0.39, 0.29) is 11.4 Å². The summed E-state index contributed by atoms with van der Waals surface area (Å²) in [7, 11) is 0. The van der Waals surface area contributed by atoms with Crippen LogP contribution in [0.4, 0.5) is 24.5 Å². The Morgan fingerprint density at radius 1 is 1.07 bits per heavy atom. The number of ether oxygens (including phenoxy) is 1. The number of rotatable bonds is 7. The number of hydrogen-bond donors (Lipinski definition) is 2. The highest BCUT2D eigenvalue weighted by atomic mass is 19.2. The van der Waals surface area contributed by atoms with E-state index < -0.39 is 53.0 Å². The third kappa shape index (κ3) is 5.42. The summed E-state index contributed by atoms with van der Waals surface area (Å²) in [4.78, 5) is 33.3. The quantitative estimate of drug-likeness (QED) is 0.432. The van der Waals surface area contributed by atoms with Gasteiger partial charge in [-0.1, -0.05) is 6.07 Å². The number of halogens is 3. The third-order valence-corrected chi connectivity index (χ3v) is 3.15. The van der Waals surface area contributed by atoms with Gasteiger partial charge in [0.2, 0.25) is 5.91 Å². The predicted molar refractivity (Wildman–Crippen MR) is 86.5 cm³/mol. The van der Waals surface area contributed by atoms with Crippen LogP contribution in [0, 0.1) is 27.6 Å². The summed E-state index contributed by atoms with van der Waals surface area (Å²) < 4.78 is 44.4. The molecule has 0 aromatic heterocycles. The van der Waals surface area contributed by atoms with E-state index in [1.807, 2.05) is 5.32 Å². The van der Waals surface area contributed by atoms with E-state index in [9.17, 15) is 32.9 Å². The van der Waals surface area contributed by atoms with Crippen molar-refractivity contribution < 1.29 is 32.4 Å². The number of nitro groups is 1. The zero-order chi connectivity index (χ0) is 20.0. The third-order valence-electron chi connectivity index (χ3n) is 3.15. The van der Waals surface area contributed by atoms with Crippen LogP contribution in [0.5, 0.6) is 5.75 Å². The number of carbonyl (C=O) groups is 2. The Bertz CT molecular complexity index is 892. The molecule has 2 aromatic rings. The predicted octanol–water partition coefficient (Wildman–Crippen LogP) is 2.15. The first kappa shape index (κ1) is 19.7. The summed E-state index contributed by atoms with van der Waals surface area (Å²) in [5.41, 5.74) is -0.804. The Labute approximate surface area is 150 Å². The number of non-ortho nitro benzene ring substituents is 1.